The third kappa shape index (κ3) is 6.21. The number of rotatable bonds is 8. The Morgan fingerprint density at radius 3 is 1.46 bits per heavy atom. The lowest BCUT2D eigenvalue weighted by atomic mass is 9.84. The lowest BCUT2D eigenvalue weighted by Crippen LogP contribution is -2.74. The molecule has 0 aliphatic heterocycles. The third-order valence-electron chi connectivity index (χ3n) is 14.0. The van der Waals surface area contributed by atoms with E-state index in [4.69, 9.17) is 0 Å². The molecule has 0 radical (unpaired) electrons. The van der Waals surface area contributed by atoms with E-state index >= 15 is 0 Å². The molecule has 3 heteroatoms. The molecule has 2 aromatic heterocycles. The van der Waals surface area contributed by atoms with Gasteiger partial charge in [0, 0.05) is 32.9 Å². The molecule has 0 bridgehead atoms. The minimum absolute atomic E-state index is 0.648. The third-order valence-corrected chi connectivity index (χ3v) is 18.8. The van der Waals surface area contributed by atoms with E-state index in [1.165, 1.54) is 119 Å². The Morgan fingerprint density at radius 1 is 0.317 bits per heavy atom. The zero-order valence-corrected chi connectivity index (χ0v) is 36.4. The predicted octanol–water partition coefficient (Wildman–Crippen LogP) is 13.0. The molecule has 63 heavy (non-hydrogen) atoms. The molecule has 0 unspecified atom stereocenters. The van der Waals surface area contributed by atoms with E-state index in [-0.39, 0.29) is 0 Å². The van der Waals surface area contributed by atoms with Crippen LogP contribution in [0.15, 0.2) is 224 Å². The number of hydrogen-bond donors (Lipinski definition) is 0. The van der Waals surface area contributed by atoms with E-state index in [1.807, 2.05) is 0 Å². The number of hydrogen-bond acceptors (Lipinski definition) is 0. The summed E-state index contributed by atoms with van der Waals surface area (Å²) in [7, 11) is -2.69. The van der Waals surface area contributed by atoms with Crippen molar-refractivity contribution in [3.05, 3.63) is 230 Å². The van der Waals surface area contributed by atoms with Crippen molar-refractivity contribution >= 4 is 72.4 Å². The fraction of sp³-hybridized carbons (Fsp3) is 0.100. The predicted molar refractivity (Wildman–Crippen MR) is 270 cm³/mol. The molecule has 302 valence electrons. The first-order valence-corrected chi connectivity index (χ1v) is 24.7. The van der Waals surface area contributed by atoms with Crippen LogP contribution < -0.4 is 20.7 Å². The maximum Gasteiger partial charge on any atom is 0.179 e. The van der Waals surface area contributed by atoms with Gasteiger partial charge in [-0.05, 0) is 105 Å². The van der Waals surface area contributed by atoms with Crippen molar-refractivity contribution < 1.29 is 0 Å². The Bertz CT molecular complexity index is 3330. The Balaban J connectivity index is 1.01. The first-order valence-electron chi connectivity index (χ1n) is 22.7. The Kier molecular flexibility index (Phi) is 9.30. The summed E-state index contributed by atoms with van der Waals surface area (Å²) in [6.45, 7) is 0. The molecular weight excluding hydrogens is 777 g/mol. The molecular formula is C60H48N2Si. The molecule has 0 saturated heterocycles. The molecule has 12 rings (SSSR count). The quantitative estimate of drug-likeness (QED) is 0.107. The number of para-hydroxylation sites is 2. The van der Waals surface area contributed by atoms with Crippen molar-refractivity contribution in [1.82, 2.24) is 9.13 Å². The van der Waals surface area contributed by atoms with E-state index in [0.29, 0.717) is 5.92 Å². The van der Waals surface area contributed by atoms with E-state index in [2.05, 4.69) is 234 Å². The van der Waals surface area contributed by atoms with Crippen molar-refractivity contribution in [2.45, 2.75) is 38.0 Å². The van der Waals surface area contributed by atoms with Gasteiger partial charge in [0.25, 0.3) is 0 Å². The van der Waals surface area contributed by atoms with Crippen molar-refractivity contribution in [1.29, 1.82) is 0 Å². The van der Waals surface area contributed by atoms with Gasteiger partial charge in [0.05, 0.1) is 22.1 Å². The second-order valence-electron chi connectivity index (χ2n) is 17.5. The van der Waals surface area contributed by atoms with E-state index in [0.717, 1.165) is 5.69 Å². The van der Waals surface area contributed by atoms with E-state index in [9.17, 15) is 0 Å². The Morgan fingerprint density at radius 2 is 0.810 bits per heavy atom. The number of benzene rings is 9. The molecule has 0 amide bonds. The van der Waals surface area contributed by atoms with Gasteiger partial charge in [0.2, 0.25) is 0 Å². The number of nitrogens with zero attached hydrogens (tertiary/aromatic N) is 2. The van der Waals surface area contributed by atoms with Gasteiger partial charge >= 0.3 is 0 Å². The van der Waals surface area contributed by atoms with Crippen LogP contribution in [0.5, 0.6) is 0 Å². The summed E-state index contributed by atoms with van der Waals surface area (Å²) >= 11 is 0. The summed E-state index contributed by atoms with van der Waals surface area (Å²) in [4.78, 5) is 0. The summed E-state index contributed by atoms with van der Waals surface area (Å²) in [5.41, 5.74) is 11.2. The monoisotopic (exact) mass is 824 g/mol. The van der Waals surface area contributed by atoms with Crippen molar-refractivity contribution in [2.75, 3.05) is 0 Å². The van der Waals surface area contributed by atoms with Crippen molar-refractivity contribution in [3.63, 3.8) is 0 Å². The lowest BCUT2D eigenvalue weighted by molar-refractivity contribution is 0.444. The first-order chi connectivity index (χ1) is 31.3. The van der Waals surface area contributed by atoms with Gasteiger partial charge < -0.3 is 9.13 Å². The van der Waals surface area contributed by atoms with Crippen LogP contribution >= 0.6 is 0 Å². The second kappa shape index (κ2) is 15.6. The van der Waals surface area contributed by atoms with Crippen LogP contribution in [0, 0.1) is 0 Å². The van der Waals surface area contributed by atoms with Crippen molar-refractivity contribution in [2.24, 2.45) is 0 Å². The van der Waals surface area contributed by atoms with Gasteiger partial charge in [-0.1, -0.05) is 195 Å². The number of fused-ring (bicyclic) bond motifs is 6. The van der Waals surface area contributed by atoms with Crippen LogP contribution in [0.1, 0.15) is 43.6 Å². The molecule has 11 aromatic rings. The molecule has 1 aliphatic carbocycles. The molecule has 1 fully saturated rings. The van der Waals surface area contributed by atoms with Crippen LogP contribution in [0.4, 0.5) is 0 Å². The fourth-order valence-electron chi connectivity index (χ4n) is 11.2. The van der Waals surface area contributed by atoms with Gasteiger partial charge in [-0.2, -0.15) is 0 Å². The highest BCUT2D eigenvalue weighted by Gasteiger charge is 2.41. The average molecular weight is 825 g/mol. The summed E-state index contributed by atoms with van der Waals surface area (Å²) in [6.07, 6.45) is 6.62. The molecule has 0 N–H and O–H groups in total. The van der Waals surface area contributed by atoms with Gasteiger partial charge in [-0.25, -0.2) is 0 Å². The highest BCUT2D eigenvalue weighted by atomic mass is 28.3. The van der Waals surface area contributed by atoms with Gasteiger partial charge in [-0.3, -0.25) is 0 Å². The molecule has 0 atom stereocenters. The number of aromatic nitrogens is 2. The fourth-order valence-corrected chi connectivity index (χ4v) is 16.0. The highest BCUT2D eigenvalue weighted by molar-refractivity contribution is 7.19. The molecule has 9 aromatic carbocycles. The summed E-state index contributed by atoms with van der Waals surface area (Å²) < 4.78 is 4.98. The van der Waals surface area contributed by atoms with Crippen LogP contribution in [0.2, 0.25) is 0 Å². The minimum atomic E-state index is -2.69. The molecule has 2 nitrogen and oxygen atoms in total. The molecule has 1 saturated carbocycles. The van der Waals surface area contributed by atoms with Gasteiger partial charge in [0.1, 0.15) is 0 Å². The van der Waals surface area contributed by atoms with Crippen LogP contribution in [-0.2, 0) is 0 Å². The zero-order valence-electron chi connectivity index (χ0n) is 35.4. The van der Waals surface area contributed by atoms with Crippen LogP contribution in [0.3, 0.4) is 0 Å². The standard InChI is InChI=1S/C60H48N2Si/c1-5-19-43(20-6-1)46-35-37-55-53-31-13-15-33-57(53)62(60(55)41-46)48-36-38-59-56(42-48)54-32-14-16-34-58(54)61(59)47-23-17-21-44(39-47)45-22-18-30-52(40-45)63(49-24-7-2-8-25-49,50-26-9-3-10-27-50)51-28-11-4-12-29-51/h2-4,7-18,21-43H,1,5-6,19-20H2. The normalized spacial score (nSPS) is 13.7. The maximum absolute atomic E-state index is 2.69. The van der Waals surface area contributed by atoms with Gasteiger partial charge in [0.15, 0.2) is 8.07 Å². The van der Waals surface area contributed by atoms with E-state index < -0.39 is 8.07 Å². The largest absolute Gasteiger partial charge is 0.309 e. The SMILES string of the molecule is c1ccc([Si](c2ccccc2)(c2ccccc2)c2cccc(-c3cccc(-n4c5ccccc5c5cc(-n6c7ccccc7c7ccc(C8CCCCC8)cc76)ccc54)c3)c2)cc1. The van der Waals surface area contributed by atoms with Gasteiger partial charge in [-0.15, -0.1) is 0 Å². The Labute approximate surface area is 370 Å². The minimum Gasteiger partial charge on any atom is -0.309 e. The average Bonchev–Trinajstić information content (AvgIpc) is 3.88. The summed E-state index contributed by atoms with van der Waals surface area (Å²) in [5, 5.41) is 10.7. The molecule has 1 aliphatic rings. The molecule has 2 heterocycles. The summed E-state index contributed by atoms with van der Waals surface area (Å²) in [6, 6.07) is 84.4. The first kappa shape index (κ1) is 37.5. The second-order valence-corrected chi connectivity index (χ2v) is 21.3. The Hall–Kier alpha value is -7.20. The van der Waals surface area contributed by atoms with Crippen molar-refractivity contribution in [3.8, 4) is 22.5 Å². The highest BCUT2D eigenvalue weighted by Crippen LogP contribution is 2.40. The van der Waals surface area contributed by atoms with Crippen LogP contribution in [-0.4, -0.2) is 17.2 Å². The topological polar surface area (TPSA) is 9.86 Å². The molecule has 0 spiro atoms. The van der Waals surface area contributed by atoms with E-state index in [1.54, 1.807) is 0 Å². The maximum atomic E-state index is 2.51. The summed E-state index contributed by atoms with van der Waals surface area (Å²) in [5.74, 6) is 0.648. The zero-order chi connectivity index (χ0) is 41.7. The van der Waals surface area contributed by atoms with Crippen LogP contribution in [0.25, 0.3) is 66.1 Å². The lowest BCUT2D eigenvalue weighted by Gasteiger charge is -2.34. The smallest absolute Gasteiger partial charge is 0.179 e.